The molecule has 32 heavy (non-hydrogen) atoms. The molecule has 2 atom stereocenters. The van der Waals surface area contributed by atoms with Crippen molar-refractivity contribution in [2.24, 2.45) is 0 Å². The van der Waals surface area contributed by atoms with Crippen LogP contribution < -0.4 is 20.9 Å². The van der Waals surface area contributed by atoms with Crippen LogP contribution in [0.15, 0.2) is 42.5 Å². The second-order valence-electron chi connectivity index (χ2n) is 8.43. The number of nitrogens with zero attached hydrogens (tertiary/aromatic N) is 1. The molecule has 1 aliphatic heterocycles. The Morgan fingerprint density at radius 2 is 1.81 bits per heavy atom. The number of nitrogens with one attached hydrogen (secondary N) is 3. The molecule has 0 saturated carbocycles. The fourth-order valence-corrected chi connectivity index (χ4v) is 3.78. The first kappa shape index (κ1) is 23.5. The van der Waals surface area contributed by atoms with Crippen LogP contribution in [0.25, 0.3) is 0 Å². The molecule has 172 valence electrons. The van der Waals surface area contributed by atoms with Crippen LogP contribution in [-0.2, 0) is 11.3 Å². The van der Waals surface area contributed by atoms with Gasteiger partial charge in [-0.25, -0.2) is 9.18 Å². The van der Waals surface area contributed by atoms with E-state index in [4.69, 9.17) is 4.74 Å². The Hall–Kier alpha value is -3.13. The predicted molar refractivity (Wildman–Crippen MR) is 124 cm³/mol. The minimum Gasteiger partial charge on any atom is -0.372 e. The van der Waals surface area contributed by atoms with Crippen LogP contribution in [-0.4, -0.2) is 43.3 Å². The second-order valence-corrected chi connectivity index (χ2v) is 8.43. The number of anilines is 2. The molecule has 0 aliphatic carbocycles. The molecule has 2 aromatic rings. The van der Waals surface area contributed by atoms with Crippen molar-refractivity contribution in [3.8, 4) is 0 Å². The number of amides is 3. The van der Waals surface area contributed by atoms with E-state index in [1.807, 2.05) is 38.7 Å². The van der Waals surface area contributed by atoms with Crippen LogP contribution in [0.5, 0.6) is 0 Å². The van der Waals surface area contributed by atoms with Crippen LogP contribution in [0.4, 0.5) is 20.6 Å². The van der Waals surface area contributed by atoms with E-state index in [0.29, 0.717) is 35.6 Å². The Morgan fingerprint density at radius 1 is 1.12 bits per heavy atom. The number of ether oxygens (including phenoxy) is 1. The molecule has 0 spiro atoms. The normalized spacial score (nSPS) is 18.4. The van der Waals surface area contributed by atoms with Crippen molar-refractivity contribution in [3.05, 3.63) is 59.4 Å². The van der Waals surface area contributed by atoms with Crippen molar-refractivity contribution < 1.29 is 18.7 Å². The Kier molecular flexibility index (Phi) is 7.69. The summed E-state index contributed by atoms with van der Waals surface area (Å²) in [6.45, 7) is 9.08. The molecule has 0 bridgehead atoms. The summed E-state index contributed by atoms with van der Waals surface area (Å²) in [5, 5.41) is 8.22. The number of benzene rings is 2. The van der Waals surface area contributed by atoms with E-state index in [-0.39, 0.29) is 42.6 Å². The number of urea groups is 1. The van der Waals surface area contributed by atoms with E-state index in [1.165, 1.54) is 6.07 Å². The first-order valence-corrected chi connectivity index (χ1v) is 10.9. The number of hydrogen-bond donors (Lipinski definition) is 3. The second kappa shape index (κ2) is 10.5. The van der Waals surface area contributed by atoms with Crippen LogP contribution in [0.1, 0.15) is 43.6 Å². The van der Waals surface area contributed by atoms with Crippen molar-refractivity contribution in [2.45, 2.75) is 52.5 Å². The van der Waals surface area contributed by atoms with Crippen molar-refractivity contribution in [3.63, 3.8) is 0 Å². The lowest BCUT2D eigenvalue weighted by molar-refractivity contribution is -0.00539. The first-order valence-electron chi connectivity index (χ1n) is 10.9. The van der Waals surface area contributed by atoms with Gasteiger partial charge in [-0.1, -0.05) is 18.2 Å². The number of rotatable bonds is 6. The summed E-state index contributed by atoms with van der Waals surface area (Å²) < 4.78 is 20.5. The fraction of sp³-hybridized carbons (Fsp3) is 0.417. The van der Waals surface area contributed by atoms with Gasteiger partial charge in [0.05, 0.1) is 29.1 Å². The highest BCUT2D eigenvalue weighted by atomic mass is 19.1. The zero-order chi connectivity index (χ0) is 23.3. The Bertz CT molecular complexity index is 956. The minimum atomic E-state index is -0.385. The van der Waals surface area contributed by atoms with Gasteiger partial charge in [0.1, 0.15) is 5.82 Å². The van der Waals surface area contributed by atoms with Gasteiger partial charge in [-0.15, -0.1) is 0 Å². The van der Waals surface area contributed by atoms with Gasteiger partial charge in [-0.3, -0.25) is 4.79 Å². The third-order valence-electron chi connectivity index (χ3n) is 5.07. The van der Waals surface area contributed by atoms with Crippen molar-refractivity contribution in [1.82, 2.24) is 10.6 Å². The van der Waals surface area contributed by atoms with Gasteiger partial charge < -0.3 is 25.6 Å². The first-order chi connectivity index (χ1) is 15.2. The molecule has 3 N–H and O–H groups in total. The van der Waals surface area contributed by atoms with Crippen molar-refractivity contribution in [2.75, 3.05) is 23.3 Å². The van der Waals surface area contributed by atoms with Gasteiger partial charge in [0.2, 0.25) is 0 Å². The van der Waals surface area contributed by atoms with Crippen molar-refractivity contribution in [1.29, 1.82) is 0 Å². The minimum absolute atomic E-state index is 0.0299. The molecule has 2 aromatic carbocycles. The van der Waals surface area contributed by atoms with Gasteiger partial charge in [-0.05, 0) is 57.5 Å². The van der Waals surface area contributed by atoms with Gasteiger partial charge in [0.15, 0.2) is 0 Å². The summed E-state index contributed by atoms with van der Waals surface area (Å²) in [4.78, 5) is 26.7. The van der Waals surface area contributed by atoms with Gasteiger partial charge in [0.25, 0.3) is 5.91 Å². The van der Waals surface area contributed by atoms with Gasteiger partial charge in [0, 0.05) is 25.7 Å². The van der Waals surface area contributed by atoms with E-state index in [2.05, 4.69) is 16.0 Å². The number of hydrogen-bond acceptors (Lipinski definition) is 4. The van der Waals surface area contributed by atoms with E-state index >= 15 is 0 Å². The highest BCUT2D eigenvalue weighted by Gasteiger charge is 2.24. The smallest absolute Gasteiger partial charge is 0.319 e. The molecule has 2 unspecified atom stereocenters. The Labute approximate surface area is 188 Å². The number of carbonyl (C=O) groups excluding carboxylic acids is 2. The third kappa shape index (κ3) is 6.20. The van der Waals surface area contributed by atoms with Crippen LogP contribution >= 0.6 is 0 Å². The molecule has 8 heteroatoms. The monoisotopic (exact) mass is 442 g/mol. The summed E-state index contributed by atoms with van der Waals surface area (Å²) in [6, 6.07) is 11.3. The largest absolute Gasteiger partial charge is 0.372 e. The summed E-state index contributed by atoms with van der Waals surface area (Å²) in [6.07, 6.45) is 0.0711. The summed E-state index contributed by atoms with van der Waals surface area (Å²) in [7, 11) is 0. The molecule has 0 radical (unpaired) electrons. The van der Waals surface area contributed by atoms with Crippen molar-refractivity contribution >= 4 is 23.3 Å². The average Bonchev–Trinajstić information content (AvgIpc) is 2.71. The lowest BCUT2D eigenvalue weighted by Crippen LogP contribution is -2.45. The maximum absolute atomic E-state index is 14.8. The topological polar surface area (TPSA) is 82.7 Å². The molecule has 0 aromatic heterocycles. The lowest BCUT2D eigenvalue weighted by Gasteiger charge is -2.37. The zero-order valence-electron chi connectivity index (χ0n) is 18.9. The highest BCUT2D eigenvalue weighted by Crippen LogP contribution is 2.24. The third-order valence-corrected chi connectivity index (χ3v) is 5.07. The van der Waals surface area contributed by atoms with E-state index in [9.17, 15) is 14.0 Å². The van der Waals surface area contributed by atoms with Crippen LogP contribution in [0, 0.1) is 5.82 Å². The zero-order valence-corrected chi connectivity index (χ0v) is 18.9. The molecule has 7 nitrogen and oxygen atoms in total. The van der Waals surface area contributed by atoms with Gasteiger partial charge >= 0.3 is 6.03 Å². The molecular weight excluding hydrogens is 411 g/mol. The number of morpholine rings is 1. The maximum atomic E-state index is 14.8. The van der Waals surface area contributed by atoms with Crippen LogP contribution in [0.3, 0.4) is 0 Å². The summed E-state index contributed by atoms with van der Waals surface area (Å²) in [5.74, 6) is -0.684. The fourth-order valence-electron chi connectivity index (χ4n) is 3.78. The Balaban J connectivity index is 1.64. The summed E-state index contributed by atoms with van der Waals surface area (Å²) in [5.41, 5.74) is 1.92. The van der Waals surface area contributed by atoms with E-state index in [1.54, 1.807) is 30.3 Å². The molecule has 3 rings (SSSR count). The van der Waals surface area contributed by atoms with Crippen LogP contribution in [0.2, 0.25) is 0 Å². The quantitative estimate of drug-likeness (QED) is 0.634. The number of carbonyl (C=O) groups is 2. The van der Waals surface area contributed by atoms with E-state index < -0.39 is 0 Å². The summed E-state index contributed by atoms with van der Waals surface area (Å²) >= 11 is 0. The molecular formula is C24H31FN4O3. The number of para-hydroxylation sites is 1. The number of halogens is 1. The molecule has 1 heterocycles. The maximum Gasteiger partial charge on any atom is 0.319 e. The molecule has 1 fully saturated rings. The van der Waals surface area contributed by atoms with E-state index in [0.717, 1.165) is 0 Å². The molecule has 1 saturated heterocycles. The standard InChI is InChI=1S/C24H31FN4O3/c1-15(2)27-24(31)28-21-8-6-5-7-19(21)23(30)26-12-18-9-10-22(20(25)11-18)29-13-16(3)32-17(4)14-29/h5-11,15-17H,12-14H2,1-4H3,(H,26,30)(H2,27,28,31). The SMILES string of the molecule is CC(C)NC(=O)Nc1ccccc1C(=O)NCc1ccc(N2CC(C)OC(C)C2)c(F)c1. The Morgan fingerprint density at radius 3 is 2.47 bits per heavy atom. The highest BCUT2D eigenvalue weighted by molar-refractivity contribution is 6.03. The average molecular weight is 443 g/mol. The lowest BCUT2D eigenvalue weighted by atomic mass is 10.1. The molecule has 3 amide bonds. The van der Waals surface area contributed by atoms with Gasteiger partial charge in [-0.2, -0.15) is 0 Å². The predicted octanol–water partition coefficient (Wildman–Crippen LogP) is 3.90. The molecule has 1 aliphatic rings.